The first-order valence-electron chi connectivity index (χ1n) is 9.04. The molecule has 6 nitrogen and oxygen atoms in total. The summed E-state index contributed by atoms with van der Waals surface area (Å²) in [7, 11) is 0. The summed E-state index contributed by atoms with van der Waals surface area (Å²) in [6.45, 7) is 1.85. The Hall–Kier alpha value is -4.06. The molecule has 3 aromatic carbocycles. The van der Waals surface area contributed by atoms with Crippen molar-refractivity contribution in [3.8, 4) is 0 Å². The van der Waals surface area contributed by atoms with Crippen LogP contribution in [-0.2, 0) is 0 Å². The van der Waals surface area contributed by atoms with Gasteiger partial charge in [0.1, 0.15) is 0 Å². The van der Waals surface area contributed by atoms with E-state index in [0.29, 0.717) is 33.6 Å². The van der Waals surface area contributed by atoms with E-state index in [1.165, 1.54) is 6.07 Å². The molecule has 0 bridgehead atoms. The molecule has 0 aromatic heterocycles. The molecule has 0 saturated heterocycles. The number of amides is 4. The lowest BCUT2D eigenvalue weighted by molar-refractivity contribution is 0.0912. The average Bonchev–Trinajstić information content (AvgIpc) is 3.12. The van der Waals surface area contributed by atoms with Crippen LogP contribution in [0.15, 0.2) is 66.7 Å². The number of hydrogen-bond donors (Lipinski definition) is 0. The molecule has 0 saturated carbocycles. The van der Waals surface area contributed by atoms with Crippen LogP contribution >= 0.6 is 0 Å². The van der Waals surface area contributed by atoms with Gasteiger partial charge in [-0.25, -0.2) is 9.80 Å². The molecule has 0 fully saturated rings. The largest absolute Gasteiger partial charge is 0.268 e. The van der Waals surface area contributed by atoms with Crippen LogP contribution in [0.1, 0.15) is 47.0 Å². The summed E-state index contributed by atoms with van der Waals surface area (Å²) in [6, 6.07) is 18.0. The maximum Gasteiger partial charge on any atom is 0.266 e. The van der Waals surface area contributed by atoms with Crippen LogP contribution in [0.5, 0.6) is 0 Å². The van der Waals surface area contributed by atoms with E-state index in [-0.39, 0.29) is 0 Å². The minimum Gasteiger partial charge on any atom is -0.268 e. The van der Waals surface area contributed by atoms with Crippen molar-refractivity contribution in [1.82, 2.24) is 0 Å². The Bertz CT molecular complexity index is 1230. The topological polar surface area (TPSA) is 74.8 Å². The van der Waals surface area contributed by atoms with Crippen molar-refractivity contribution in [2.75, 3.05) is 9.80 Å². The second kappa shape index (κ2) is 5.97. The number of carbonyl (C=O) groups is 4. The molecule has 29 heavy (non-hydrogen) atoms. The zero-order chi connectivity index (χ0) is 20.3. The summed E-state index contributed by atoms with van der Waals surface area (Å²) >= 11 is 0. The molecular formula is C23H14N2O4. The first kappa shape index (κ1) is 17.1. The van der Waals surface area contributed by atoms with E-state index in [1.54, 1.807) is 60.7 Å². The van der Waals surface area contributed by atoms with E-state index in [4.69, 9.17) is 0 Å². The molecule has 0 N–H and O–H groups in total. The van der Waals surface area contributed by atoms with Gasteiger partial charge in [-0.2, -0.15) is 0 Å². The van der Waals surface area contributed by atoms with Gasteiger partial charge in [0, 0.05) is 0 Å². The van der Waals surface area contributed by atoms with E-state index >= 15 is 0 Å². The number of aryl methyl sites for hydroxylation is 1. The average molecular weight is 382 g/mol. The number of anilines is 2. The highest BCUT2D eigenvalue weighted by atomic mass is 16.2. The van der Waals surface area contributed by atoms with Crippen molar-refractivity contribution >= 4 is 35.0 Å². The standard InChI is InChI=1S/C23H14N2O4/c1-13-9-10-18-19(11-13)23(29)25(22(18)28)15-6-4-5-14(12-15)24-20(26)16-7-2-3-8-17(16)21(24)27/h2-12H,1H3. The molecule has 4 amide bonds. The van der Waals surface area contributed by atoms with Crippen molar-refractivity contribution < 1.29 is 19.2 Å². The third-order valence-corrected chi connectivity index (χ3v) is 5.18. The Balaban J connectivity index is 1.56. The Labute approximate surface area is 166 Å². The number of fused-ring (bicyclic) bond motifs is 2. The fraction of sp³-hybridized carbons (Fsp3) is 0.0435. The highest BCUT2D eigenvalue weighted by Crippen LogP contribution is 2.34. The van der Waals surface area contributed by atoms with Gasteiger partial charge in [0.2, 0.25) is 0 Å². The fourth-order valence-corrected chi connectivity index (χ4v) is 3.78. The molecular weight excluding hydrogens is 368 g/mol. The SMILES string of the molecule is Cc1ccc2c(c1)C(=O)N(c1cccc(N3C(=O)c4ccccc4C3=O)c1)C2=O. The molecule has 0 aliphatic carbocycles. The zero-order valence-electron chi connectivity index (χ0n) is 15.4. The number of benzene rings is 3. The maximum atomic E-state index is 12.9. The third-order valence-electron chi connectivity index (χ3n) is 5.18. The number of carbonyl (C=O) groups excluding carboxylic acids is 4. The van der Waals surface area contributed by atoms with Gasteiger partial charge in [0.25, 0.3) is 23.6 Å². The molecule has 2 aliphatic rings. The van der Waals surface area contributed by atoms with E-state index in [0.717, 1.165) is 15.4 Å². The number of rotatable bonds is 2. The summed E-state index contributed by atoms with van der Waals surface area (Å²) in [4.78, 5) is 53.3. The third kappa shape index (κ3) is 2.36. The van der Waals surface area contributed by atoms with E-state index in [2.05, 4.69) is 0 Å². The number of hydrogen-bond acceptors (Lipinski definition) is 4. The molecule has 0 spiro atoms. The quantitative estimate of drug-likeness (QED) is 0.635. The van der Waals surface area contributed by atoms with Crippen molar-refractivity contribution in [2.24, 2.45) is 0 Å². The van der Waals surface area contributed by atoms with Gasteiger partial charge in [-0.3, -0.25) is 19.2 Å². The van der Waals surface area contributed by atoms with Crippen molar-refractivity contribution in [1.29, 1.82) is 0 Å². The first-order valence-corrected chi connectivity index (χ1v) is 9.04. The molecule has 3 aromatic rings. The van der Waals surface area contributed by atoms with Crippen molar-refractivity contribution in [2.45, 2.75) is 6.92 Å². The smallest absolute Gasteiger partial charge is 0.266 e. The fourth-order valence-electron chi connectivity index (χ4n) is 3.78. The molecule has 5 rings (SSSR count). The van der Waals surface area contributed by atoms with Gasteiger partial charge < -0.3 is 0 Å². The summed E-state index contributed by atoms with van der Waals surface area (Å²) in [5, 5.41) is 0. The predicted molar refractivity (Wildman–Crippen MR) is 106 cm³/mol. The molecule has 140 valence electrons. The van der Waals surface area contributed by atoms with Crippen LogP contribution in [-0.4, -0.2) is 23.6 Å². The Morgan fingerprint density at radius 1 is 0.517 bits per heavy atom. The van der Waals surface area contributed by atoms with Gasteiger partial charge in [-0.15, -0.1) is 0 Å². The molecule has 0 radical (unpaired) electrons. The van der Waals surface area contributed by atoms with Gasteiger partial charge in [0.15, 0.2) is 0 Å². The van der Waals surface area contributed by atoms with Crippen LogP contribution in [0.2, 0.25) is 0 Å². The summed E-state index contributed by atoms with van der Waals surface area (Å²) < 4.78 is 0. The molecule has 0 unspecified atom stereocenters. The monoisotopic (exact) mass is 382 g/mol. The van der Waals surface area contributed by atoms with Crippen molar-refractivity contribution in [3.05, 3.63) is 94.5 Å². The minimum atomic E-state index is -0.430. The van der Waals surface area contributed by atoms with Crippen LogP contribution in [0.25, 0.3) is 0 Å². The minimum absolute atomic E-state index is 0.307. The van der Waals surface area contributed by atoms with E-state index in [9.17, 15) is 19.2 Å². The van der Waals surface area contributed by atoms with E-state index < -0.39 is 23.6 Å². The zero-order valence-corrected chi connectivity index (χ0v) is 15.4. The van der Waals surface area contributed by atoms with Crippen molar-refractivity contribution in [3.63, 3.8) is 0 Å². The van der Waals surface area contributed by atoms with Crippen LogP contribution < -0.4 is 9.80 Å². The highest BCUT2D eigenvalue weighted by Gasteiger charge is 2.39. The van der Waals surface area contributed by atoms with Gasteiger partial charge >= 0.3 is 0 Å². The number of imide groups is 2. The first-order chi connectivity index (χ1) is 14.0. The molecule has 6 heteroatoms. The summed E-state index contributed by atoms with van der Waals surface area (Å²) in [5.74, 6) is -1.71. The van der Waals surface area contributed by atoms with E-state index in [1.807, 2.05) is 6.92 Å². The lowest BCUT2D eigenvalue weighted by atomic mass is 10.1. The second-order valence-electron chi connectivity index (χ2n) is 7.01. The lowest BCUT2D eigenvalue weighted by Crippen LogP contribution is -2.31. The summed E-state index contributed by atoms with van der Waals surface area (Å²) in [6.07, 6.45) is 0. The Morgan fingerprint density at radius 3 is 1.55 bits per heavy atom. The van der Waals surface area contributed by atoms with Crippen LogP contribution in [0, 0.1) is 6.92 Å². The highest BCUT2D eigenvalue weighted by molar-refractivity contribution is 6.36. The lowest BCUT2D eigenvalue weighted by Gasteiger charge is -2.18. The Morgan fingerprint density at radius 2 is 1.00 bits per heavy atom. The molecule has 2 heterocycles. The normalized spacial score (nSPS) is 15.2. The summed E-state index contributed by atoms with van der Waals surface area (Å²) in [5.41, 5.74) is 2.85. The number of nitrogens with zero attached hydrogens (tertiary/aromatic N) is 2. The van der Waals surface area contributed by atoms with Crippen LogP contribution in [0.4, 0.5) is 11.4 Å². The predicted octanol–water partition coefficient (Wildman–Crippen LogP) is 3.60. The molecule has 0 atom stereocenters. The van der Waals surface area contributed by atoms with Crippen LogP contribution in [0.3, 0.4) is 0 Å². The molecule has 2 aliphatic heterocycles. The second-order valence-corrected chi connectivity index (χ2v) is 7.01. The van der Waals surface area contributed by atoms with Gasteiger partial charge in [0.05, 0.1) is 33.6 Å². The van der Waals surface area contributed by atoms with Gasteiger partial charge in [-0.1, -0.05) is 29.8 Å². The Kier molecular flexibility index (Phi) is 3.51. The maximum absolute atomic E-state index is 12.9. The van der Waals surface area contributed by atoms with Gasteiger partial charge in [-0.05, 0) is 49.4 Å².